The Labute approximate surface area is 128 Å². The van der Waals surface area contributed by atoms with E-state index in [4.69, 9.17) is 4.98 Å². The van der Waals surface area contributed by atoms with Crippen molar-refractivity contribution >= 4 is 16.9 Å². The molecule has 0 spiro atoms. The highest BCUT2D eigenvalue weighted by Crippen LogP contribution is 2.39. The molecule has 1 aliphatic rings. The van der Waals surface area contributed by atoms with Crippen LogP contribution >= 0.6 is 0 Å². The first kappa shape index (κ1) is 13.1. The maximum Gasteiger partial charge on any atom is 0.156 e. The first-order valence-electron chi connectivity index (χ1n) is 7.51. The molecule has 3 aromatic rings. The van der Waals surface area contributed by atoms with Gasteiger partial charge in [-0.05, 0) is 25.8 Å². The van der Waals surface area contributed by atoms with Crippen LogP contribution in [0, 0.1) is 0 Å². The molecule has 1 saturated carbocycles. The number of hydrogen-bond acceptors (Lipinski definition) is 4. The van der Waals surface area contributed by atoms with Gasteiger partial charge in [0.25, 0.3) is 0 Å². The predicted octanol–water partition coefficient (Wildman–Crippen LogP) is 2.88. The largest absolute Gasteiger partial charge is 0.377 e. The van der Waals surface area contributed by atoms with Crippen LogP contribution in [0.3, 0.4) is 0 Å². The van der Waals surface area contributed by atoms with Crippen LogP contribution in [-0.2, 0) is 0 Å². The molecule has 0 aliphatic heterocycles. The summed E-state index contributed by atoms with van der Waals surface area (Å²) in [6.07, 6.45) is 7.97. The van der Waals surface area contributed by atoms with Gasteiger partial charge in [0.05, 0.1) is 23.6 Å². The molecule has 0 amide bonds. The number of rotatable bonds is 5. The third kappa shape index (κ3) is 2.26. The lowest BCUT2D eigenvalue weighted by Crippen LogP contribution is -2.16. The minimum Gasteiger partial charge on any atom is -0.377 e. The predicted molar refractivity (Wildman–Crippen MR) is 85.0 cm³/mol. The molecule has 112 valence electrons. The molecule has 1 aliphatic carbocycles. The van der Waals surface area contributed by atoms with Crippen LogP contribution in [0.2, 0.25) is 0 Å². The monoisotopic (exact) mass is 294 g/mol. The van der Waals surface area contributed by atoms with Crippen molar-refractivity contribution in [2.24, 2.45) is 0 Å². The van der Waals surface area contributed by atoms with Gasteiger partial charge in [-0.15, -0.1) is 0 Å². The SMILES string of the molecule is C=C(NC(C)c1ccn[nH]1)c1c[nH]c2ncc(C3CC3)nc12. The first-order chi connectivity index (χ1) is 10.7. The molecule has 3 N–H and O–H groups in total. The van der Waals surface area contributed by atoms with Gasteiger partial charge in [0.15, 0.2) is 5.65 Å². The van der Waals surface area contributed by atoms with Gasteiger partial charge in [-0.25, -0.2) is 9.97 Å². The van der Waals surface area contributed by atoms with Crippen molar-refractivity contribution in [3.63, 3.8) is 0 Å². The number of nitrogens with zero attached hydrogens (tertiary/aromatic N) is 3. The summed E-state index contributed by atoms with van der Waals surface area (Å²) < 4.78 is 0. The van der Waals surface area contributed by atoms with Gasteiger partial charge >= 0.3 is 0 Å². The van der Waals surface area contributed by atoms with Gasteiger partial charge in [-0.1, -0.05) is 6.58 Å². The minimum absolute atomic E-state index is 0.0968. The Balaban J connectivity index is 1.62. The molecule has 3 aromatic heterocycles. The van der Waals surface area contributed by atoms with Gasteiger partial charge in [0.2, 0.25) is 0 Å². The highest BCUT2D eigenvalue weighted by atomic mass is 15.1. The average molecular weight is 294 g/mol. The Kier molecular flexibility index (Phi) is 2.96. The van der Waals surface area contributed by atoms with Crippen LogP contribution in [0.25, 0.3) is 16.9 Å². The molecule has 6 nitrogen and oxygen atoms in total. The van der Waals surface area contributed by atoms with Gasteiger partial charge in [-0.2, -0.15) is 5.10 Å². The molecule has 1 atom stereocenters. The highest BCUT2D eigenvalue weighted by molar-refractivity contribution is 5.86. The third-order valence-electron chi connectivity index (χ3n) is 4.10. The summed E-state index contributed by atoms with van der Waals surface area (Å²) in [4.78, 5) is 12.4. The molecule has 0 bridgehead atoms. The topological polar surface area (TPSA) is 82.3 Å². The zero-order valence-corrected chi connectivity index (χ0v) is 12.4. The first-order valence-corrected chi connectivity index (χ1v) is 7.51. The van der Waals surface area contributed by atoms with E-state index in [1.165, 1.54) is 12.8 Å². The Hall–Kier alpha value is -2.63. The summed E-state index contributed by atoms with van der Waals surface area (Å²) >= 11 is 0. The van der Waals surface area contributed by atoms with E-state index in [0.717, 1.165) is 33.8 Å². The molecule has 0 aromatic carbocycles. The van der Waals surface area contributed by atoms with E-state index in [9.17, 15) is 0 Å². The molecule has 4 rings (SSSR count). The zero-order valence-electron chi connectivity index (χ0n) is 12.4. The molecular formula is C16H18N6. The molecule has 6 heteroatoms. The maximum atomic E-state index is 4.77. The Morgan fingerprint density at radius 2 is 2.32 bits per heavy atom. The van der Waals surface area contributed by atoms with Crippen molar-refractivity contribution in [1.29, 1.82) is 0 Å². The second-order valence-electron chi connectivity index (χ2n) is 5.83. The van der Waals surface area contributed by atoms with Crippen LogP contribution in [0.15, 0.2) is 31.2 Å². The molecule has 0 radical (unpaired) electrons. The van der Waals surface area contributed by atoms with Crippen LogP contribution in [-0.4, -0.2) is 25.1 Å². The maximum absolute atomic E-state index is 4.77. The number of hydrogen-bond donors (Lipinski definition) is 3. The Morgan fingerprint density at radius 3 is 3.05 bits per heavy atom. The minimum atomic E-state index is 0.0968. The fourth-order valence-corrected chi connectivity index (χ4v) is 2.64. The second kappa shape index (κ2) is 4.98. The van der Waals surface area contributed by atoms with Gasteiger partial charge in [0, 0.05) is 29.6 Å². The van der Waals surface area contributed by atoms with Crippen molar-refractivity contribution in [2.75, 3.05) is 0 Å². The van der Waals surface area contributed by atoms with Crippen molar-refractivity contribution in [3.8, 4) is 0 Å². The number of aromatic nitrogens is 5. The van der Waals surface area contributed by atoms with Crippen molar-refractivity contribution in [3.05, 3.63) is 48.2 Å². The standard InChI is InChI=1S/C16H18N6/c1-9(20-10(2)13-5-6-19-22-13)12-7-17-16-15(12)21-14(8-18-16)11-3-4-11/h5-8,10-11,20H,1,3-4H2,2H3,(H,17,18)(H,19,22). The van der Waals surface area contributed by atoms with Crippen LogP contribution < -0.4 is 5.32 Å². The van der Waals surface area contributed by atoms with E-state index in [1.54, 1.807) is 6.20 Å². The van der Waals surface area contributed by atoms with E-state index in [-0.39, 0.29) is 6.04 Å². The normalized spacial score (nSPS) is 15.9. The Morgan fingerprint density at radius 1 is 1.45 bits per heavy atom. The fraction of sp³-hybridized carbons (Fsp3) is 0.312. The molecule has 1 fully saturated rings. The van der Waals surface area contributed by atoms with Crippen LogP contribution in [0.1, 0.15) is 48.7 Å². The van der Waals surface area contributed by atoms with Gasteiger partial charge in [-0.3, -0.25) is 5.10 Å². The molecule has 1 unspecified atom stereocenters. The van der Waals surface area contributed by atoms with Crippen LogP contribution in [0.5, 0.6) is 0 Å². The summed E-state index contributed by atoms with van der Waals surface area (Å²) in [5.41, 5.74) is 5.59. The quantitative estimate of drug-likeness (QED) is 0.675. The highest BCUT2D eigenvalue weighted by Gasteiger charge is 2.26. The summed E-state index contributed by atoms with van der Waals surface area (Å²) in [7, 11) is 0. The second-order valence-corrected chi connectivity index (χ2v) is 5.83. The van der Waals surface area contributed by atoms with E-state index in [1.807, 2.05) is 18.5 Å². The van der Waals surface area contributed by atoms with E-state index in [0.29, 0.717) is 5.92 Å². The lowest BCUT2D eigenvalue weighted by atomic mass is 10.2. The summed E-state index contributed by atoms with van der Waals surface area (Å²) in [6, 6.07) is 2.05. The van der Waals surface area contributed by atoms with Gasteiger partial charge < -0.3 is 10.3 Å². The molecule has 22 heavy (non-hydrogen) atoms. The lowest BCUT2D eigenvalue weighted by Gasteiger charge is -2.15. The third-order valence-corrected chi connectivity index (χ3v) is 4.10. The number of aromatic amines is 2. The van der Waals surface area contributed by atoms with Crippen LogP contribution in [0.4, 0.5) is 0 Å². The Bertz CT molecular complexity index is 812. The summed E-state index contributed by atoms with van der Waals surface area (Å²) in [6.45, 7) is 6.22. The molecule has 3 heterocycles. The van der Waals surface area contributed by atoms with E-state index >= 15 is 0 Å². The van der Waals surface area contributed by atoms with Crippen molar-refractivity contribution in [1.82, 2.24) is 30.5 Å². The smallest absolute Gasteiger partial charge is 0.156 e. The molecular weight excluding hydrogens is 276 g/mol. The zero-order chi connectivity index (χ0) is 15.1. The number of nitrogens with one attached hydrogen (secondary N) is 3. The number of H-pyrrole nitrogens is 2. The van der Waals surface area contributed by atoms with E-state index in [2.05, 4.69) is 39.0 Å². The van der Waals surface area contributed by atoms with Crippen molar-refractivity contribution in [2.45, 2.75) is 31.7 Å². The number of fused-ring (bicyclic) bond motifs is 1. The molecule has 0 saturated heterocycles. The fourth-order valence-electron chi connectivity index (χ4n) is 2.64. The lowest BCUT2D eigenvalue weighted by molar-refractivity contribution is 0.674. The summed E-state index contributed by atoms with van der Waals surface area (Å²) in [5, 5.41) is 10.3. The van der Waals surface area contributed by atoms with Gasteiger partial charge in [0.1, 0.15) is 5.52 Å². The summed E-state index contributed by atoms with van der Waals surface area (Å²) in [5.74, 6) is 0.588. The van der Waals surface area contributed by atoms with Crippen molar-refractivity contribution < 1.29 is 0 Å². The average Bonchev–Trinajstić information content (AvgIpc) is 3.06. The van der Waals surface area contributed by atoms with E-state index < -0.39 is 0 Å².